The zero-order chi connectivity index (χ0) is 17.3. The number of rotatable bonds is 4. The molecule has 0 radical (unpaired) electrons. The molecule has 0 aromatic heterocycles. The second-order valence-corrected chi connectivity index (χ2v) is 5.61. The van der Waals surface area contributed by atoms with Gasteiger partial charge in [0.25, 0.3) is 5.91 Å². The van der Waals surface area contributed by atoms with Crippen molar-refractivity contribution in [3.63, 3.8) is 0 Å². The molecule has 2 atom stereocenters. The molecule has 1 saturated heterocycles. The summed E-state index contributed by atoms with van der Waals surface area (Å²) in [5.41, 5.74) is 2.86. The average molecular weight is 324 g/mol. The first kappa shape index (κ1) is 15.9. The Morgan fingerprint density at radius 1 is 1.04 bits per heavy atom. The molecule has 1 aliphatic rings. The molecule has 3 amide bonds. The highest BCUT2D eigenvalue weighted by molar-refractivity contribution is 6.04. The summed E-state index contributed by atoms with van der Waals surface area (Å²) in [5, 5.41) is 12.8. The fourth-order valence-corrected chi connectivity index (χ4v) is 2.61. The van der Waals surface area contributed by atoms with E-state index in [1.165, 1.54) is 0 Å². The molecule has 2 aromatic carbocycles. The summed E-state index contributed by atoms with van der Waals surface area (Å²) < 4.78 is 0. The molecular formula is C18H16N2O4. The van der Waals surface area contributed by atoms with E-state index in [2.05, 4.69) is 5.32 Å². The van der Waals surface area contributed by atoms with Gasteiger partial charge < -0.3 is 10.4 Å². The van der Waals surface area contributed by atoms with Crippen LogP contribution >= 0.6 is 0 Å². The zero-order valence-corrected chi connectivity index (χ0v) is 13.0. The molecule has 3 rings (SSSR count). The first-order valence-electron chi connectivity index (χ1n) is 7.48. The summed E-state index contributed by atoms with van der Waals surface area (Å²) in [6, 6.07) is 12.8. The lowest BCUT2D eigenvalue weighted by Crippen LogP contribution is -2.35. The molecule has 24 heavy (non-hydrogen) atoms. The summed E-state index contributed by atoms with van der Waals surface area (Å²) in [7, 11) is 0. The van der Waals surface area contributed by atoms with Crippen LogP contribution in [0.15, 0.2) is 48.5 Å². The number of benzene rings is 2. The topological polar surface area (TPSA) is 86.7 Å². The van der Waals surface area contributed by atoms with Gasteiger partial charge in [-0.2, -0.15) is 0 Å². The van der Waals surface area contributed by atoms with Crippen molar-refractivity contribution in [2.45, 2.75) is 19.2 Å². The number of hydrogen-bond donors (Lipinski definition) is 2. The summed E-state index contributed by atoms with van der Waals surface area (Å²) in [6.07, 6.45) is -0.545. The number of nitrogens with zero attached hydrogens (tertiary/aromatic N) is 1. The van der Waals surface area contributed by atoms with E-state index in [4.69, 9.17) is 0 Å². The summed E-state index contributed by atoms with van der Waals surface area (Å²) >= 11 is 0. The van der Waals surface area contributed by atoms with Gasteiger partial charge in [-0.05, 0) is 18.1 Å². The Hall–Kier alpha value is -2.99. The summed E-state index contributed by atoms with van der Waals surface area (Å²) in [4.78, 5) is 35.2. The molecule has 1 aliphatic heterocycles. The van der Waals surface area contributed by atoms with Crippen molar-refractivity contribution in [3.05, 3.63) is 59.7 Å². The molecule has 0 saturated carbocycles. The standard InChI is InChI=1S/C18H16N2O4/c1-11-16(22)20(18(24)19-11)17(23)15-8-6-14(7-9-15)13-4-2-12(10-21)3-5-13/h2-11,17,23H,1H3,(H,19,24). The molecule has 0 spiro atoms. The van der Waals surface area contributed by atoms with Gasteiger partial charge in [0.2, 0.25) is 0 Å². The first-order valence-corrected chi connectivity index (χ1v) is 7.48. The van der Waals surface area contributed by atoms with Crippen LogP contribution < -0.4 is 5.32 Å². The highest BCUT2D eigenvalue weighted by Gasteiger charge is 2.39. The number of carbonyl (C=O) groups is 3. The van der Waals surface area contributed by atoms with E-state index in [0.29, 0.717) is 11.1 Å². The molecule has 2 unspecified atom stereocenters. The second-order valence-electron chi connectivity index (χ2n) is 5.61. The van der Waals surface area contributed by atoms with Crippen molar-refractivity contribution in [1.29, 1.82) is 0 Å². The third kappa shape index (κ3) is 2.79. The van der Waals surface area contributed by atoms with Gasteiger partial charge in [-0.15, -0.1) is 0 Å². The molecule has 122 valence electrons. The largest absolute Gasteiger partial charge is 0.369 e. The third-order valence-electron chi connectivity index (χ3n) is 4.00. The number of aliphatic hydroxyl groups is 1. The van der Waals surface area contributed by atoms with Crippen LogP contribution in [-0.4, -0.2) is 34.3 Å². The number of urea groups is 1. The molecule has 2 N–H and O–H groups in total. The van der Waals surface area contributed by atoms with Crippen LogP contribution in [0.4, 0.5) is 4.79 Å². The molecule has 1 fully saturated rings. The minimum absolute atomic E-state index is 0.445. The van der Waals surface area contributed by atoms with Crippen LogP contribution in [0.5, 0.6) is 0 Å². The molecule has 0 bridgehead atoms. The predicted molar refractivity (Wildman–Crippen MR) is 87.1 cm³/mol. The summed E-state index contributed by atoms with van der Waals surface area (Å²) in [6.45, 7) is 1.57. The van der Waals surface area contributed by atoms with Crippen LogP contribution in [-0.2, 0) is 4.79 Å². The van der Waals surface area contributed by atoms with E-state index in [1.54, 1.807) is 43.3 Å². The minimum Gasteiger partial charge on any atom is -0.369 e. The van der Waals surface area contributed by atoms with Crippen LogP contribution in [0.2, 0.25) is 0 Å². The molecule has 0 aliphatic carbocycles. The zero-order valence-electron chi connectivity index (χ0n) is 13.0. The van der Waals surface area contributed by atoms with Gasteiger partial charge in [-0.1, -0.05) is 48.5 Å². The first-order chi connectivity index (χ1) is 11.5. The van der Waals surface area contributed by atoms with E-state index in [9.17, 15) is 19.5 Å². The fourth-order valence-electron chi connectivity index (χ4n) is 2.61. The van der Waals surface area contributed by atoms with Crippen molar-refractivity contribution >= 4 is 18.2 Å². The lowest BCUT2D eigenvalue weighted by molar-refractivity contribution is -0.134. The van der Waals surface area contributed by atoms with E-state index in [1.807, 2.05) is 12.1 Å². The Kier molecular flexibility index (Phi) is 4.14. The van der Waals surface area contributed by atoms with Gasteiger partial charge in [-0.25, -0.2) is 9.69 Å². The maximum atomic E-state index is 11.9. The molecule has 1 heterocycles. The smallest absolute Gasteiger partial charge is 0.327 e. The van der Waals surface area contributed by atoms with Crippen molar-refractivity contribution < 1.29 is 19.5 Å². The lowest BCUT2D eigenvalue weighted by atomic mass is 10.0. The fraction of sp³-hybridized carbons (Fsp3) is 0.167. The van der Waals surface area contributed by atoms with Gasteiger partial charge in [0.1, 0.15) is 12.3 Å². The monoisotopic (exact) mass is 324 g/mol. The van der Waals surface area contributed by atoms with Crippen molar-refractivity contribution in [3.8, 4) is 11.1 Å². The number of hydrogen-bond acceptors (Lipinski definition) is 4. The Balaban J connectivity index is 1.82. The Morgan fingerprint density at radius 2 is 1.58 bits per heavy atom. The SMILES string of the molecule is CC1NC(=O)N(C(O)c2ccc(-c3ccc(C=O)cc3)cc2)C1=O. The van der Waals surface area contributed by atoms with Crippen LogP contribution in [0.3, 0.4) is 0 Å². The molecule has 6 heteroatoms. The van der Waals surface area contributed by atoms with Gasteiger partial charge in [0, 0.05) is 11.1 Å². The molecule has 2 aromatic rings. The predicted octanol–water partition coefficient (Wildman–Crippen LogP) is 2.10. The van der Waals surface area contributed by atoms with E-state index in [0.717, 1.165) is 22.3 Å². The van der Waals surface area contributed by atoms with Crippen LogP contribution in [0, 0.1) is 0 Å². The van der Waals surface area contributed by atoms with Crippen molar-refractivity contribution in [2.24, 2.45) is 0 Å². The van der Waals surface area contributed by atoms with Gasteiger partial charge in [0.15, 0.2) is 6.23 Å². The number of carbonyl (C=O) groups excluding carboxylic acids is 3. The van der Waals surface area contributed by atoms with E-state index >= 15 is 0 Å². The number of aldehydes is 1. The molecule has 6 nitrogen and oxygen atoms in total. The van der Waals surface area contributed by atoms with Crippen LogP contribution in [0.25, 0.3) is 11.1 Å². The van der Waals surface area contributed by atoms with Crippen LogP contribution in [0.1, 0.15) is 29.1 Å². The average Bonchev–Trinajstić information content (AvgIpc) is 2.87. The Bertz CT molecular complexity index is 784. The Labute approximate surface area is 138 Å². The molecular weight excluding hydrogens is 308 g/mol. The highest BCUT2D eigenvalue weighted by atomic mass is 16.3. The normalized spacial score (nSPS) is 18.4. The second kappa shape index (κ2) is 6.25. The summed E-state index contributed by atoms with van der Waals surface area (Å²) in [5.74, 6) is -0.457. The Morgan fingerprint density at radius 3 is 2.04 bits per heavy atom. The van der Waals surface area contributed by atoms with Crippen molar-refractivity contribution in [1.82, 2.24) is 10.2 Å². The lowest BCUT2D eigenvalue weighted by Gasteiger charge is -2.20. The number of aliphatic hydroxyl groups excluding tert-OH is 1. The van der Waals surface area contributed by atoms with Gasteiger partial charge in [0.05, 0.1) is 0 Å². The van der Waals surface area contributed by atoms with E-state index in [-0.39, 0.29) is 0 Å². The minimum atomic E-state index is -1.33. The van der Waals surface area contributed by atoms with Gasteiger partial charge >= 0.3 is 6.03 Å². The van der Waals surface area contributed by atoms with Gasteiger partial charge in [-0.3, -0.25) is 9.59 Å². The number of amides is 3. The number of imide groups is 1. The van der Waals surface area contributed by atoms with Crippen molar-refractivity contribution in [2.75, 3.05) is 0 Å². The number of nitrogens with one attached hydrogen (secondary N) is 1. The van der Waals surface area contributed by atoms with E-state index < -0.39 is 24.2 Å². The maximum absolute atomic E-state index is 11.9. The third-order valence-corrected chi connectivity index (χ3v) is 4.00. The quantitative estimate of drug-likeness (QED) is 0.666. The highest BCUT2D eigenvalue weighted by Crippen LogP contribution is 2.26. The maximum Gasteiger partial charge on any atom is 0.327 e.